The van der Waals surface area contributed by atoms with Gasteiger partial charge in [-0.1, -0.05) is 36.9 Å². The Morgan fingerprint density at radius 2 is 1.79 bits per heavy atom. The van der Waals surface area contributed by atoms with Crippen LogP contribution in [0.1, 0.15) is 48.5 Å². The van der Waals surface area contributed by atoms with Crippen LogP contribution in [0.3, 0.4) is 0 Å². The number of thioether (sulfide) groups is 1. The van der Waals surface area contributed by atoms with Gasteiger partial charge in [0.1, 0.15) is 5.25 Å². The number of amides is 3. The van der Waals surface area contributed by atoms with Crippen LogP contribution < -0.4 is 10.6 Å². The highest BCUT2D eigenvalue weighted by Gasteiger charge is 2.33. The molecule has 0 saturated carbocycles. The molecule has 1 saturated heterocycles. The number of nitrogens with one attached hydrogen (secondary N) is 2. The second-order valence-electron chi connectivity index (χ2n) is 8.22. The van der Waals surface area contributed by atoms with Gasteiger partial charge in [0, 0.05) is 36.4 Å². The molecule has 172 valence electrons. The molecule has 1 fully saturated rings. The van der Waals surface area contributed by atoms with Crippen LogP contribution in [0.4, 0.5) is 11.4 Å². The van der Waals surface area contributed by atoms with Crippen LogP contribution in [0.25, 0.3) is 0 Å². The van der Waals surface area contributed by atoms with E-state index in [1.807, 2.05) is 24.3 Å². The number of likely N-dealkylation sites (tertiary alicyclic amines) is 1. The van der Waals surface area contributed by atoms with Crippen molar-refractivity contribution in [3.8, 4) is 0 Å². The fraction of sp³-hybridized carbons (Fsp3) is 0.360. The van der Waals surface area contributed by atoms with Crippen molar-refractivity contribution in [2.45, 2.75) is 44.3 Å². The molecule has 7 nitrogen and oxygen atoms in total. The zero-order chi connectivity index (χ0) is 23.2. The van der Waals surface area contributed by atoms with Crippen LogP contribution in [0.15, 0.2) is 53.5 Å². The molecular weight excluding hydrogens is 436 g/mol. The summed E-state index contributed by atoms with van der Waals surface area (Å²) in [5.74, 6) is -0.780. The highest BCUT2D eigenvalue weighted by Crippen LogP contribution is 2.29. The van der Waals surface area contributed by atoms with E-state index in [-0.39, 0.29) is 24.1 Å². The van der Waals surface area contributed by atoms with Gasteiger partial charge >= 0.3 is 0 Å². The second-order valence-corrected chi connectivity index (χ2v) is 9.39. The first-order valence-electron chi connectivity index (χ1n) is 11.4. The third kappa shape index (κ3) is 6.01. The quantitative estimate of drug-likeness (QED) is 0.665. The van der Waals surface area contributed by atoms with E-state index >= 15 is 0 Å². The SMILES string of the molecule is CCc1ccc(NC(=O)c2cccc(NC(=O)CC3SC(N4CCCCC4)=NC3=O)c2)cc1. The van der Waals surface area contributed by atoms with Crippen molar-refractivity contribution in [2.24, 2.45) is 4.99 Å². The van der Waals surface area contributed by atoms with Crippen molar-refractivity contribution in [1.82, 2.24) is 4.90 Å². The normalized spacial score (nSPS) is 18.1. The fourth-order valence-electron chi connectivity index (χ4n) is 3.88. The minimum atomic E-state index is -0.500. The number of carbonyl (C=O) groups is 3. The van der Waals surface area contributed by atoms with Crippen LogP contribution in [0.2, 0.25) is 0 Å². The van der Waals surface area contributed by atoms with Gasteiger partial charge in [-0.2, -0.15) is 4.99 Å². The Morgan fingerprint density at radius 1 is 1.03 bits per heavy atom. The Kier molecular flexibility index (Phi) is 7.44. The maximum absolute atomic E-state index is 12.6. The number of aliphatic imine (C=N–C) groups is 1. The van der Waals surface area contributed by atoms with E-state index in [0.29, 0.717) is 16.9 Å². The molecule has 0 aliphatic carbocycles. The predicted octanol–water partition coefficient (Wildman–Crippen LogP) is 4.31. The first-order valence-corrected chi connectivity index (χ1v) is 12.2. The Balaban J connectivity index is 1.31. The standard InChI is InChI=1S/C25H28N4O3S/c1-2-17-9-11-19(12-10-17)27-23(31)18-7-6-8-20(15-18)26-22(30)16-21-24(32)28-25(33-21)29-13-4-3-5-14-29/h6-12,15,21H,2-5,13-14,16H2,1H3,(H,26,30)(H,27,31). The summed E-state index contributed by atoms with van der Waals surface area (Å²) in [5, 5.41) is 5.92. The lowest BCUT2D eigenvalue weighted by atomic mass is 10.1. The third-order valence-electron chi connectivity index (χ3n) is 5.75. The maximum atomic E-state index is 12.6. The van der Waals surface area contributed by atoms with Gasteiger partial charge in [-0.3, -0.25) is 14.4 Å². The molecule has 2 aliphatic heterocycles. The Hall–Kier alpha value is -3.13. The van der Waals surface area contributed by atoms with Crippen LogP contribution in [-0.2, 0) is 16.0 Å². The zero-order valence-corrected chi connectivity index (χ0v) is 19.5. The summed E-state index contributed by atoms with van der Waals surface area (Å²) in [7, 11) is 0. The van der Waals surface area contributed by atoms with Crippen molar-refractivity contribution in [2.75, 3.05) is 23.7 Å². The van der Waals surface area contributed by atoms with E-state index in [4.69, 9.17) is 0 Å². The highest BCUT2D eigenvalue weighted by atomic mass is 32.2. The van der Waals surface area contributed by atoms with Gasteiger partial charge in [-0.15, -0.1) is 0 Å². The van der Waals surface area contributed by atoms with Crippen molar-refractivity contribution in [1.29, 1.82) is 0 Å². The molecule has 3 amide bonds. The summed E-state index contributed by atoms with van der Waals surface area (Å²) < 4.78 is 0. The van der Waals surface area contributed by atoms with Gasteiger partial charge in [0.05, 0.1) is 0 Å². The fourth-order valence-corrected chi connectivity index (χ4v) is 4.99. The van der Waals surface area contributed by atoms with E-state index < -0.39 is 5.25 Å². The molecule has 0 bridgehead atoms. The molecule has 2 heterocycles. The van der Waals surface area contributed by atoms with Crippen molar-refractivity contribution < 1.29 is 14.4 Å². The number of rotatable bonds is 6. The van der Waals surface area contributed by atoms with Crippen LogP contribution in [-0.4, -0.2) is 46.1 Å². The summed E-state index contributed by atoms with van der Waals surface area (Å²) in [6.07, 6.45) is 4.40. The molecule has 2 aliphatic rings. The first kappa shape index (κ1) is 23.0. The van der Waals surface area contributed by atoms with Gasteiger partial charge < -0.3 is 15.5 Å². The third-order valence-corrected chi connectivity index (χ3v) is 6.97. The Labute approximate surface area is 198 Å². The molecule has 8 heteroatoms. The van der Waals surface area contributed by atoms with Gasteiger partial charge in [-0.25, -0.2) is 0 Å². The van der Waals surface area contributed by atoms with E-state index in [1.54, 1.807) is 24.3 Å². The average Bonchev–Trinajstić information content (AvgIpc) is 3.20. The smallest absolute Gasteiger partial charge is 0.262 e. The molecule has 2 aromatic rings. The van der Waals surface area contributed by atoms with Crippen molar-refractivity contribution >= 4 is 46.0 Å². The number of hydrogen-bond acceptors (Lipinski definition) is 5. The molecule has 2 aromatic carbocycles. The number of hydrogen-bond donors (Lipinski definition) is 2. The summed E-state index contributed by atoms with van der Waals surface area (Å²) in [6.45, 7) is 3.90. The number of benzene rings is 2. The predicted molar refractivity (Wildman–Crippen MR) is 133 cm³/mol. The molecule has 33 heavy (non-hydrogen) atoms. The summed E-state index contributed by atoms with van der Waals surface area (Å²) in [5.41, 5.74) is 2.87. The minimum Gasteiger partial charge on any atom is -0.351 e. The summed E-state index contributed by atoms with van der Waals surface area (Å²) >= 11 is 1.38. The maximum Gasteiger partial charge on any atom is 0.262 e. The van der Waals surface area contributed by atoms with Crippen LogP contribution in [0.5, 0.6) is 0 Å². The van der Waals surface area contributed by atoms with E-state index in [2.05, 4.69) is 27.4 Å². The Morgan fingerprint density at radius 3 is 2.52 bits per heavy atom. The Bertz CT molecular complexity index is 1060. The second kappa shape index (κ2) is 10.7. The van der Waals surface area contributed by atoms with Gasteiger partial charge in [0.25, 0.3) is 11.8 Å². The number of aryl methyl sites for hydroxylation is 1. The van der Waals surface area contributed by atoms with Crippen LogP contribution in [0, 0.1) is 0 Å². The highest BCUT2D eigenvalue weighted by molar-refractivity contribution is 8.15. The molecule has 0 radical (unpaired) electrons. The molecule has 0 aromatic heterocycles. The van der Waals surface area contributed by atoms with E-state index in [1.165, 1.54) is 23.7 Å². The summed E-state index contributed by atoms with van der Waals surface area (Å²) in [6, 6.07) is 14.5. The molecule has 0 spiro atoms. The largest absolute Gasteiger partial charge is 0.351 e. The number of nitrogens with zero attached hydrogens (tertiary/aromatic N) is 2. The summed E-state index contributed by atoms with van der Waals surface area (Å²) in [4.78, 5) is 43.8. The monoisotopic (exact) mass is 464 g/mol. The van der Waals surface area contributed by atoms with Crippen LogP contribution >= 0.6 is 11.8 Å². The lowest BCUT2D eigenvalue weighted by Crippen LogP contribution is -2.33. The minimum absolute atomic E-state index is 0.0462. The van der Waals surface area contributed by atoms with Crippen molar-refractivity contribution in [3.05, 3.63) is 59.7 Å². The van der Waals surface area contributed by atoms with E-state index in [9.17, 15) is 14.4 Å². The number of anilines is 2. The topological polar surface area (TPSA) is 90.9 Å². The zero-order valence-electron chi connectivity index (χ0n) is 18.7. The molecule has 1 atom stereocenters. The lowest BCUT2D eigenvalue weighted by Gasteiger charge is -2.27. The average molecular weight is 465 g/mol. The van der Waals surface area contributed by atoms with Gasteiger partial charge in [0.15, 0.2) is 5.17 Å². The van der Waals surface area contributed by atoms with Crippen molar-refractivity contribution in [3.63, 3.8) is 0 Å². The number of amidine groups is 1. The van der Waals surface area contributed by atoms with Gasteiger partial charge in [-0.05, 0) is 61.6 Å². The van der Waals surface area contributed by atoms with Gasteiger partial charge in [0.2, 0.25) is 5.91 Å². The first-order chi connectivity index (χ1) is 16.0. The molecule has 2 N–H and O–H groups in total. The molecule has 4 rings (SSSR count). The molecule has 1 unspecified atom stereocenters. The number of piperidine rings is 1. The lowest BCUT2D eigenvalue weighted by molar-refractivity contribution is -0.121. The van der Waals surface area contributed by atoms with E-state index in [0.717, 1.165) is 37.5 Å². The number of carbonyl (C=O) groups excluding carboxylic acids is 3. The molecular formula is C25H28N4O3S.